The van der Waals surface area contributed by atoms with Crippen LogP contribution in [0.15, 0.2) is 4.79 Å². The lowest BCUT2D eigenvalue weighted by molar-refractivity contribution is 0.664. The van der Waals surface area contributed by atoms with Gasteiger partial charge in [0, 0.05) is 30.3 Å². The minimum absolute atomic E-state index is 0.00856. The van der Waals surface area contributed by atoms with Gasteiger partial charge < -0.3 is 10.7 Å². The van der Waals surface area contributed by atoms with Crippen LogP contribution in [0.5, 0.6) is 0 Å². The number of nitrogens with two attached hydrogens (primary N) is 1. The topological polar surface area (TPSA) is 63.8 Å². The van der Waals surface area contributed by atoms with Crippen molar-refractivity contribution in [2.24, 2.45) is 5.73 Å². The number of hydrogen-bond donors (Lipinski definition) is 2. The quantitative estimate of drug-likeness (QED) is 0.675. The maximum Gasteiger partial charge on any atom is 0.326 e. The fraction of sp³-hybridized carbons (Fsp3) is 0.571. The summed E-state index contributed by atoms with van der Waals surface area (Å²) in [4.78, 5) is 14.1. The molecular weight excluding hydrogens is 174 g/mol. The van der Waals surface area contributed by atoms with Gasteiger partial charge in [-0.3, -0.25) is 4.57 Å². The van der Waals surface area contributed by atoms with Crippen LogP contribution in [0.25, 0.3) is 0 Å². The van der Waals surface area contributed by atoms with E-state index in [1.54, 1.807) is 4.57 Å². The minimum Gasteiger partial charge on any atom is -0.329 e. The molecule has 0 aliphatic carbocycles. The molecule has 0 atom stereocenters. The highest BCUT2D eigenvalue weighted by molar-refractivity contribution is 7.98. The fourth-order valence-electron chi connectivity index (χ4n) is 1.45. The van der Waals surface area contributed by atoms with Crippen molar-refractivity contribution in [3.05, 3.63) is 21.9 Å². The van der Waals surface area contributed by atoms with Crippen LogP contribution in [-0.2, 0) is 18.1 Å². The van der Waals surface area contributed by atoms with Crippen molar-refractivity contribution < 1.29 is 0 Å². The third kappa shape index (κ3) is 1.09. The summed E-state index contributed by atoms with van der Waals surface area (Å²) in [5.41, 5.74) is 7.61. The predicted molar refractivity (Wildman–Crippen MR) is 49.1 cm³/mol. The Labute approximate surface area is 74.1 Å². The Morgan fingerprint density at radius 1 is 1.58 bits per heavy atom. The summed E-state index contributed by atoms with van der Waals surface area (Å²) in [6.07, 6.45) is 0. The van der Waals surface area contributed by atoms with Gasteiger partial charge in [-0.05, 0) is 0 Å². The van der Waals surface area contributed by atoms with E-state index in [2.05, 4.69) is 4.98 Å². The Bertz CT molecular complexity index is 341. The molecule has 5 heteroatoms. The second kappa shape index (κ2) is 2.99. The summed E-state index contributed by atoms with van der Waals surface area (Å²) in [5.74, 6) is 1.87. The number of aromatic nitrogens is 2. The Morgan fingerprint density at radius 3 is 3.17 bits per heavy atom. The molecule has 2 rings (SSSR count). The van der Waals surface area contributed by atoms with E-state index in [0.29, 0.717) is 13.1 Å². The molecule has 0 fully saturated rings. The first kappa shape index (κ1) is 7.94. The number of H-pyrrole nitrogens is 1. The van der Waals surface area contributed by atoms with Gasteiger partial charge in [0.1, 0.15) is 0 Å². The van der Waals surface area contributed by atoms with Crippen LogP contribution in [-0.4, -0.2) is 16.1 Å². The molecule has 0 radical (unpaired) electrons. The van der Waals surface area contributed by atoms with E-state index < -0.39 is 0 Å². The smallest absolute Gasteiger partial charge is 0.326 e. The molecule has 0 saturated heterocycles. The van der Waals surface area contributed by atoms with Gasteiger partial charge in [0.05, 0.1) is 5.69 Å². The first-order valence-electron chi connectivity index (χ1n) is 3.91. The van der Waals surface area contributed by atoms with Crippen LogP contribution in [0, 0.1) is 0 Å². The maximum atomic E-state index is 11.3. The molecule has 0 aromatic carbocycles. The van der Waals surface area contributed by atoms with Gasteiger partial charge in [-0.15, -0.1) is 11.8 Å². The second-order valence-electron chi connectivity index (χ2n) is 2.79. The molecule has 1 aromatic rings. The normalized spacial score (nSPS) is 15.1. The number of fused-ring (bicyclic) bond motifs is 1. The first-order valence-corrected chi connectivity index (χ1v) is 5.06. The third-order valence-electron chi connectivity index (χ3n) is 2.02. The Balaban J connectivity index is 2.45. The Kier molecular flexibility index (Phi) is 1.98. The fourth-order valence-corrected chi connectivity index (χ4v) is 2.52. The standard InChI is InChI=1S/C7H11N3OS/c8-1-2-10-6-4-12-3-5(6)9-7(10)11/h1-4,8H2,(H,9,11). The molecule has 12 heavy (non-hydrogen) atoms. The zero-order valence-corrected chi connectivity index (χ0v) is 7.49. The van der Waals surface area contributed by atoms with E-state index in [9.17, 15) is 4.79 Å². The Morgan fingerprint density at radius 2 is 2.42 bits per heavy atom. The predicted octanol–water partition coefficient (Wildman–Crippen LogP) is -0.118. The lowest BCUT2D eigenvalue weighted by Gasteiger charge is -2.00. The van der Waals surface area contributed by atoms with Gasteiger partial charge in [0.25, 0.3) is 0 Å². The largest absolute Gasteiger partial charge is 0.329 e. The lowest BCUT2D eigenvalue weighted by Crippen LogP contribution is -2.23. The number of imidazole rings is 1. The average molecular weight is 185 g/mol. The molecule has 66 valence electrons. The molecule has 3 N–H and O–H groups in total. The monoisotopic (exact) mass is 185 g/mol. The summed E-state index contributed by atoms with van der Waals surface area (Å²) in [6.45, 7) is 1.15. The van der Waals surface area contributed by atoms with Crippen LogP contribution in [0.4, 0.5) is 0 Å². The van der Waals surface area contributed by atoms with Crippen molar-refractivity contribution in [3.8, 4) is 0 Å². The van der Waals surface area contributed by atoms with Crippen LogP contribution in [0.1, 0.15) is 11.4 Å². The van der Waals surface area contributed by atoms with E-state index in [0.717, 1.165) is 22.9 Å². The van der Waals surface area contributed by atoms with Crippen molar-refractivity contribution in [3.63, 3.8) is 0 Å². The van der Waals surface area contributed by atoms with E-state index >= 15 is 0 Å². The van der Waals surface area contributed by atoms with Crippen molar-refractivity contribution >= 4 is 11.8 Å². The Hall–Kier alpha value is -0.680. The molecule has 0 amide bonds. The number of nitrogens with zero attached hydrogens (tertiary/aromatic N) is 1. The van der Waals surface area contributed by atoms with Crippen LogP contribution < -0.4 is 11.4 Å². The van der Waals surface area contributed by atoms with E-state index in [1.165, 1.54) is 0 Å². The number of nitrogens with one attached hydrogen (secondary N) is 1. The van der Waals surface area contributed by atoms with Crippen LogP contribution in [0.2, 0.25) is 0 Å². The summed E-state index contributed by atoms with van der Waals surface area (Å²) in [6, 6.07) is 0. The van der Waals surface area contributed by atoms with Gasteiger partial charge in [-0.25, -0.2) is 4.79 Å². The molecule has 0 saturated carbocycles. The van der Waals surface area contributed by atoms with E-state index in [1.807, 2.05) is 11.8 Å². The van der Waals surface area contributed by atoms with Gasteiger partial charge in [0.2, 0.25) is 0 Å². The molecule has 4 nitrogen and oxygen atoms in total. The first-order chi connectivity index (χ1) is 5.83. The van der Waals surface area contributed by atoms with Crippen molar-refractivity contribution in [1.82, 2.24) is 9.55 Å². The van der Waals surface area contributed by atoms with Gasteiger partial charge in [0.15, 0.2) is 0 Å². The number of rotatable bonds is 2. The third-order valence-corrected chi connectivity index (χ3v) is 2.99. The molecular formula is C7H11N3OS. The molecule has 2 heterocycles. The molecule has 1 aliphatic rings. The summed E-state index contributed by atoms with van der Waals surface area (Å²) >= 11 is 1.83. The number of thioether (sulfide) groups is 1. The van der Waals surface area contributed by atoms with E-state index in [-0.39, 0.29) is 5.69 Å². The number of hydrogen-bond acceptors (Lipinski definition) is 3. The summed E-state index contributed by atoms with van der Waals surface area (Å²) in [7, 11) is 0. The van der Waals surface area contributed by atoms with Gasteiger partial charge >= 0.3 is 5.69 Å². The van der Waals surface area contributed by atoms with Crippen LogP contribution >= 0.6 is 11.8 Å². The maximum absolute atomic E-state index is 11.3. The van der Waals surface area contributed by atoms with Crippen molar-refractivity contribution in [2.45, 2.75) is 18.1 Å². The SMILES string of the molecule is NCCn1c2c([nH]c1=O)CSC2. The second-order valence-corrected chi connectivity index (χ2v) is 3.77. The van der Waals surface area contributed by atoms with E-state index in [4.69, 9.17) is 5.73 Å². The molecule has 0 spiro atoms. The molecule has 1 aromatic heterocycles. The average Bonchev–Trinajstić information content (AvgIpc) is 2.56. The molecule has 1 aliphatic heterocycles. The minimum atomic E-state index is -0.00856. The highest BCUT2D eigenvalue weighted by Gasteiger charge is 2.18. The lowest BCUT2D eigenvalue weighted by atomic mass is 10.4. The summed E-state index contributed by atoms with van der Waals surface area (Å²) in [5, 5.41) is 0. The summed E-state index contributed by atoms with van der Waals surface area (Å²) < 4.78 is 1.75. The van der Waals surface area contributed by atoms with Gasteiger partial charge in [-0.1, -0.05) is 0 Å². The highest BCUT2D eigenvalue weighted by Crippen LogP contribution is 2.26. The van der Waals surface area contributed by atoms with Gasteiger partial charge in [-0.2, -0.15) is 0 Å². The zero-order chi connectivity index (χ0) is 8.55. The van der Waals surface area contributed by atoms with Crippen molar-refractivity contribution in [2.75, 3.05) is 6.54 Å². The van der Waals surface area contributed by atoms with Crippen molar-refractivity contribution in [1.29, 1.82) is 0 Å². The van der Waals surface area contributed by atoms with Crippen LogP contribution in [0.3, 0.4) is 0 Å². The highest BCUT2D eigenvalue weighted by atomic mass is 32.2. The molecule has 0 bridgehead atoms. The zero-order valence-electron chi connectivity index (χ0n) is 6.67. The molecule has 0 unspecified atom stereocenters. The number of aromatic amines is 1.